The second-order valence-corrected chi connectivity index (χ2v) is 7.17. The minimum atomic E-state index is 0.233. The summed E-state index contributed by atoms with van der Waals surface area (Å²) in [5, 5.41) is 0. The lowest BCUT2D eigenvalue weighted by molar-refractivity contribution is -0.132. The lowest BCUT2D eigenvalue weighted by atomic mass is 9.96. The molecule has 4 rings (SSSR count). The van der Waals surface area contributed by atoms with Crippen molar-refractivity contribution in [2.45, 2.75) is 45.6 Å². The van der Waals surface area contributed by atoms with Crippen molar-refractivity contribution in [3.05, 3.63) is 47.8 Å². The van der Waals surface area contributed by atoms with Crippen LogP contribution in [0.2, 0.25) is 0 Å². The first-order valence-corrected chi connectivity index (χ1v) is 9.32. The van der Waals surface area contributed by atoms with Gasteiger partial charge in [0.2, 0.25) is 5.91 Å². The summed E-state index contributed by atoms with van der Waals surface area (Å²) in [7, 11) is 0. The topological polar surface area (TPSA) is 66.8 Å². The third kappa shape index (κ3) is 3.23. The summed E-state index contributed by atoms with van der Waals surface area (Å²) < 4.78 is 2.03. The van der Waals surface area contributed by atoms with Crippen LogP contribution in [-0.4, -0.2) is 43.4 Å². The van der Waals surface area contributed by atoms with Gasteiger partial charge in [-0.15, -0.1) is 0 Å². The molecule has 6 nitrogen and oxygen atoms in total. The fraction of sp³-hybridized carbons (Fsp3) is 0.450. The predicted octanol–water partition coefficient (Wildman–Crippen LogP) is 3.17. The van der Waals surface area contributed by atoms with Gasteiger partial charge in [0.15, 0.2) is 0 Å². The van der Waals surface area contributed by atoms with E-state index in [4.69, 9.17) is 4.98 Å². The molecular weight excluding hydrogens is 326 g/mol. The van der Waals surface area contributed by atoms with Gasteiger partial charge in [0.05, 0.1) is 11.0 Å². The van der Waals surface area contributed by atoms with Gasteiger partial charge in [0.25, 0.3) is 0 Å². The van der Waals surface area contributed by atoms with Gasteiger partial charge in [-0.1, -0.05) is 12.1 Å². The number of hydrogen-bond donors (Lipinski definition) is 1. The fourth-order valence-corrected chi connectivity index (χ4v) is 3.80. The fourth-order valence-electron chi connectivity index (χ4n) is 3.80. The number of carbonyl (C=O) groups excluding carboxylic acids is 1. The molecule has 136 valence electrons. The number of fused-ring (bicyclic) bond motifs is 1. The summed E-state index contributed by atoms with van der Waals surface area (Å²) in [6.07, 6.45) is 6.17. The summed E-state index contributed by atoms with van der Waals surface area (Å²) in [5.41, 5.74) is 3.37. The zero-order valence-corrected chi connectivity index (χ0v) is 15.4. The molecule has 2 aromatic heterocycles. The number of hydrogen-bond acceptors (Lipinski definition) is 3. The van der Waals surface area contributed by atoms with Gasteiger partial charge >= 0.3 is 0 Å². The van der Waals surface area contributed by atoms with E-state index in [1.165, 1.54) is 5.56 Å². The van der Waals surface area contributed by atoms with E-state index in [-0.39, 0.29) is 5.91 Å². The number of aryl methyl sites for hydroxylation is 3. The lowest BCUT2D eigenvalue weighted by Crippen LogP contribution is -2.38. The number of aromatic amines is 1. The van der Waals surface area contributed by atoms with Gasteiger partial charge in [-0.3, -0.25) is 4.79 Å². The smallest absolute Gasteiger partial charge is 0.224 e. The molecule has 1 amide bonds. The Morgan fingerprint density at radius 3 is 2.77 bits per heavy atom. The molecule has 0 bridgehead atoms. The van der Waals surface area contributed by atoms with Crippen LogP contribution >= 0.6 is 0 Å². The van der Waals surface area contributed by atoms with E-state index in [0.717, 1.165) is 48.6 Å². The van der Waals surface area contributed by atoms with Crippen molar-refractivity contribution >= 4 is 16.9 Å². The molecule has 3 aromatic rings. The molecule has 0 unspecified atom stereocenters. The van der Waals surface area contributed by atoms with Crippen LogP contribution in [0.4, 0.5) is 0 Å². The molecule has 0 saturated carbocycles. The Bertz CT molecular complexity index is 917. The number of nitrogens with one attached hydrogen (secondary N) is 1. The SMILES string of the molecule is Cc1cccc2[nH]c(C3CCN(C(=O)CCn4ccnc4C)CC3)nc12. The third-order valence-electron chi connectivity index (χ3n) is 5.46. The number of aromatic nitrogens is 4. The van der Waals surface area contributed by atoms with Crippen LogP contribution in [0.15, 0.2) is 30.6 Å². The first-order valence-electron chi connectivity index (χ1n) is 9.32. The first-order chi connectivity index (χ1) is 12.6. The summed E-state index contributed by atoms with van der Waals surface area (Å²) in [5.74, 6) is 2.66. The lowest BCUT2D eigenvalue weighted by Gasteiger charge is -2.31. The standard InChI is InChI=1S/C20H25N5O/c1-14-4-3-5-17-19(14)23-20(22-17)16-6-10-25(11-7-16)18(26)8-12-24-13-9-21-15(24)2/h3-5,9,13,16H,6-8,10-12H2,1-2H3,(H,22,23). The van der Waals surface area contributed by atoms with Crippen LogP contribution in [0.5, 0.6) is 0 Å². The predicted molar refractivity (Wildman–Crippen MR) is 101 cm³/mol. The number of H-pyrrole nitrogens is 1. The second kappa shape index (κ2) is 6.94. The number of likely N-dealkylation sites (tertiary alicyclic amines) is 1. The molecule has 6 heteroatoms. The molecule has 0 spiro atoms. The van der Waals surface area contributed by atoms with Crippen LogP contribution in [0.25, 0.3) is 11.0 Å². The van der Waals surface area contributed by atoms with Crippen LogP contribution in [0.3, 0.4) is 0 Å². The highest BCUT2D eigenvalue weighted by molar-refractivity contribution is 5.78. The number of benzene rings is 1. The van der Waals surface area contributed by atoms with E-state index in [0.29, 0.717) is 18.9 Å². The number of carbonyl (C=O) groups is 1. The van der Waals surface area contributed by atoms with Gasteiger partial charge in [-0.25, -0.2) is 9.97 Å². The molecular formula is C20H25N5O. The number of amides is 1. The Morgan fingerprint density at radius 2 is 2.08 bits per heavy atom. The maximum absolute atomic E-state index is 12.5. The second-order valence-electron chi connectivity index (χ2n) is 7.17. The minimum Gasteiger partial charge on any atom is -0.343 e. The molecule has 1 aliphatic rings. The average molecular weight is 351 g/mol. The van der Waals surface area contributed by atoms with Gasteiger partial charge in [-0.05, 0) is 38.3 Å². The van der Waals surface area contributed by atoms with Crippen molar-refractivity contribution < 1.29 is 4.79 Å². The summed E-state index contributed by atoms with van der Waals surface area (Å²) in [4.78, 5) is 27.0. The molecule has 1 saturated heterocycles. The monoisotopic (exact) mass is 351 g/mol. The summed E-state index contributed by atoms with van der Waals surface area (Å²) in [6.45, 7) is 6.37. The van der Waals surface area contributed by atoms with Gasteiger partial charge < -0.3 is 14.5 Å². The number of nitrogens with zero attached hydrogens (tertiary/aromatic N) is 4. The Morgan fingerprint density at radius 1 is 1.27 bits per heavy atom. The zero-order valence-electron chi connectivity index (χ0n) is 15.4. The third-order valence-corrected chi connectivity index (χ3v) is 5.46. The maximum Gasteiger partial charge on any atom is 0.224 e. The van der Waals surface area contributed by atoms with Gasteiger partial charge in [0.1, 0.15) is 11.6 Å². The highest BCUT2D eigenvalue weighted by Crippen LogP contribution is 2.28. The molecule has 0 radical (unpaired) electrons. The number of para-hydroxylation sites is 1. The van der Waals surface area contributed by atoms with Crippen molar-refractivity contribution in [1.29, 1.82) is 0 Å². The van der Waals surface area contributed by atoms with Crippen molar-refractivity contribution in [3.63, 3.8) is 0 Å². The Kier molecular flexibility index (Phi) is 4.49. The molecule has 1 aliphatic heterocycles. The first kappa shape index (κ1) is 16.8. The van der Waals surface area contributed by atoms with E-state index >= 15 is 0 Å². The molecule has 1 fully saturated rings. The number of piperidine rings is 1. The average Bonchev–Trinajstić information content (AvgIpc) is 3.27. The number of imidazole rings is 2. The van der Waals surface area contributed by atoms with Gasteiger partial charge in [-0.2, -0.15) is 0 Å². The highest BCUT2D eigenvalue weighted by Gasteiger charge is 2.25. The van der Waals surface area contributed by atoms with E-state index < -0.39 is 0 Å². The van der Waals surface area contributed by atoms with E-state index in [1.54, 1.807) is 6.20 Å². The molecule has 1 N–H and O–H groups in total. The van der Waals surface area contributed by atoms with Crippen molar-refractivity contribution in [2.24, 2.45) is 0 Å². The van der Waals surface area contributed by atoms with Gasteiger partial charge in [0, 0.05) is 44.4 Å². The molecule has 0 aliphatic carbocycles. The Hall–Kier alpha value is -2.63. The van der Waals surface area contributed by atoms with E-state index in [2.05, 4.69) is 35.1 Å². The largest absolute Gasteiger partial charge is 0.343 e. The molecule has 26 heavy (non-hydrogen) atoms. The molecule has 3 heterocycles. The quantitative estimate of drug-likeness (QED) is 0.785. The minimum absolute atomic E-state index is 0.233. The summed E-state index contributed by atoms with van der Waals surface area (Å²) in [6, 6.07) is 6.23. The zero-order chi connectivity index (χ0) is 18.1. The highest BCUT2D eigenvalue weighted by atomic mass is 16.2. The van der Waals surface area contributed by atoms with Crippen LogP contribution in [0.1, 0.15) is 42.4 Å². The maximum atomic E-state index is 12.5. The Balaban J connectivity index is 1.35. The van der Waals surface area contributed by atoms with Crippen LogP contribution < -0.4 is 0 Å². The van der Waals surface area contributed by atoms with Crippen LogP contribution in [-0.2, 0) is 11.3 Å². The molecule has 1 aromatic carbocycles. The summed E-state index contributed by atoms with van der Waals surface area (Å²) >= 11 is 0. The van der Waals surface area contributed by atoms with E-state index in [1.807, 2.05) is 22.6 Å². The van der Waals surface area contributed by atoms with Crippen LogP contribution in [0, 0.1) is 13.8 Å². The van der Waals surface area contributed by atoms with Crippen molar-refractivity contribution in [1.82, 2.24) is 24.4 Å². The van der Waals surface area contributed by atoms with E-state index in [9.17, 15) is 4.79 Å². The normalized spacial score (nSPS) is 15.7. The number of rotatable bonds is 4. The Labute approximate surface area is 153 Å². The molecule has 0 atom stereocenters. The van der Waals surface area contributed by atoms with Crippen molar-refractivity contribution in [3.8, 4) is 0 Å². The van der Waals surface area contributed by atoms with Crippen molar-refractivity contribution in [2.75, 3.05) is 13.1 Å².